The molecule has 0 fully saturated rings. The summed E-state index contributed by atoms with van der Waals surface area (Å²) in [7, 11) is 4.48. The molecule has 7 nitrogen and oxygen atoms in total. The van der Waals surface area contributed by atoms with Gasteiger partial charge in [0.25, 0.3) is 5.91 Å². The summed E-state index contributed by atoms with van der Waals surface area (Å²) in [6.07, 6.45) is -1.70. The van der Waals surface area contributed by atoms with E-state index in [2.05, 4.69) is 0 Å². The van der Waals surface area contributed by atoms with Gasteiger partial charge in [0, 0.05) is 13.7 Å². The molecule has 3 atom stereocenters. The molecule has 0 heterocycles. The molecule has 0 bridgehead atoms. The van der Waals surface area contributed by atoms with Crippen LogP contribution in [0.1, 0.15) is 24.5 Å². The Bertz CT molecular complexity index is 767. The fourth-order valence-electron chi connectivity index (χ4n) is 3.08. The third-order valence-corrected chi connectivity index (χ3v) is 4.92. The van der Waals surface area contributed by atoms with Crippen LogP contribution in [-0.4, -0.2) is 56.2 Å². The third kappa shape index (κ3) is 8.30. The summed E-state index contributed by atoms with van der Waals surface area (Å²) in [6, 6.07) is 17.2. The van der Waals surface area contributed by atoms with Gasteiger partial charge in [0.1, 0.15) is 5.75 Å². The van der Waals surface area contributed by atoms with E-state index < -0.39 is 18.1 Å². The van der Waals surface area contributed by atoms with E-state index in [1.54, 1.807) is 7.11 Å². The molecule has 0 spiro atoms. The molecule has 31 heavy (non-hydrogen) atoms. The van der Waals surface area contributed by atoms with Crippen molar-refractivity contribution in [3.05, 3.63) is 65.7 Å². The van der Waals surface area contributed by atoms with Crippen LogP contribution in [0.2, 0.25) is 0 Å². The van der Waals surface area contributed by atoms with Gasteiger partial charge in [-0.2, -0.15) is 0 Å². The van der Waals surface area contributed by atoms with Crippen LogP contribution in [0, 0.1) is 5.92 Å². The summed E-state index contributed by atoms with van der Waals surface area (Å²) in [4.78, 5) is 17.7. The smallest absolute Gasteiger partial charge is 0.277 e. The largest absolute Gasteiger partial charge is 0.497 e. The number of hydroxylamine groups is 2. The van der Waals surface area contributed by atoms with Crippen molar-refractivity contribution in [2.45, 2.75) is 38.8 Å². The second-order valence-electron chi connectivity index (χ2n) is 7.51. The SMILES string of the molecule is COc1ccc(CO[C@@H](C(=O)N(C)OC)[C@@H](O)C[C@@H](C)COCc2ccccc2)cc1. The molecule has 0 aliphatic heterocycles. The van der Waals surface area contributed by atoms with E-state index in [9.17, 15) is 9.90 Å². The zero-order valence-corrected chi connectivity index (χ0v) is 18.7. The lowest BCUT2D eigenvalue weighted by Crippen LogP contribution is -2.45. The van der Waals surface area contributed by atoms with Crippen molar-refractivity contribution >= 4 is 5.91 Å². The number of methoxy groups -OCH3 is 1. The molecule has 0 aliphatic rings. The van der Waals surface area contributed by atoms with Crippen molar-refractivity contribution in [1.29, 1.82) is 0 Å². The first kappa shape index (κ1) is 24.8. The van der Waals surface area contributed by atoms with Gasteiger partial charge < -0.3 is 19.3 Å². The van der Waals surface area contributed by atoms with Crippen LogP contribution in [0.15, 0.2) is 54.6 Å². The lowest BCUT2D eigenvalue weighted by Gasteiger charge is -2.27. The van der Waals surface area contributed by atoms with Gasteiger partial charge in [0.15, 0.2) is 6.10 Å². The minimum absolute atomic E-state index is 0.0337. The highest BCUT2D eigenvalue weighted by molar-refractivity contribution is 5.80. The quantitative estimate of drug-likeness (QED) is 0.491. The van der Waals surface area contributed by atoms with Crippen LogP contribution in [0.3, 0.4) is 0 Å². The zero-order valence-electron chi connectivity index (χ0n) is 18.7. The number of carbonyl (C=O) groups excluding carboxylic acids is 1. The van der Waals surface area contributed by atoms with Gasteiger partial charge in [0.05, 0.1) is 33.5 Å². The highest BCUT2D eigenvalue weighted by Crippen LogP contribution is 2.18. The molecule has 170 valence electrons. The molecular weight excluding hydrogens is 398 g/mol. The number of ether oxygens (including phenoxy) is 3. The molecule has 7 heteroatoms. The van der Waals surface area contributed by atoms with Gasteiger partial charge >= 0.3 is 0 Å². The summed E-state index contributed by atoms with van der Waals surface area (Å²) in [5.41, 5.74) is 1.96. The average Bonchev–Trinajstić information content (AvgIpc) is 2.79. The highest BCUT2D eigenvalue weighted by atomic mass is 16.7. The van der Waals surface area contributed by atoms with E-state index in [-0.39, 0.29) is 12.5 Å². The Morgan fingerprint density at radius 1 is 1.00 bits per heavy atom. The Morgan fingerprint density at radius 3 is 2.26 bits per heavy atom. The minimum Gasteiger partial charge on any atom is -0.497 e. The van der Waals surface area contributed by atoms with Crippen LogP contribution < -0.4 is 4.74 Å². The number of likely N-dealkylation sites (N-methyl/N-ethyl adjacent to an activating group) is 1. The average molecular weight is 432 g/mol. The number of aliphatic hydroxyl groups excluding tert-OH is 1. The molecule has 0 aromatic heterocycles. The predicted octanol–water partition coefficient (Wildman–Crippen LogP) is 3.20. The summed E-state index contributed by atoms with van der Waals surface area (Å²) in [6.45, 7) is 3.11. The molecule has 0 aliphatic carbocycles. The lowest BCUT2D eigenvalue weighted by atomic mass is 10.00. The standard InChI is InChI=1S/C24H33NO6/c1-18(15-30-16-19-8-6-5-7-9-19)14-22(26)23(24(27)25(2)29-4)31-17-20-10-12-21(28-3)13-11-20/h5-13,18,22-23,26H,14-17H2,1-4H3/t18-,22+,23-/m1/s1. The molecule has 2 rings (SSSR count). The van der Waals surface area contributed by atoms with E-state index >= 15 is 0 Å². The van der Waals surface area contributed by atoms with Gasteiger partial charge in [-0.3, -0.25) is 9.63 Å². The molecule has 1 N–H and O–H groups in total. The minimum atomic E-state index is -1.05. The van der Waals surface area contributed by atoms with Crippen molar-refractivity contribution in [2.75, 3.05) is 27.9 Å². The van der Waals surface area contributed by atoms with Crippen LogP contribution >= 0.6 is 0 Å². The maximum absolute atomic E-state index is 12.7. The normalized spacial score (nSPS) is 14.0. The Morgan fingerprint density at radius 2 is 1.65 bits per heavy atom. The van der Waals surface area contributed by atoms with E-state index in [0.717, 1.165) is 21.9 Å². The maximum atomic E-state index is 12.7. The number of hydrogen-bond acceptors (Lipinski definition) is 6. The number of rotatable bonds is 13. The van der Waals surface area contributed by atoms with Crippen LogP contribution in [-0.2, 0) is 32.3 Å². The molecule has 2 aromatic rings. The Hall–Kier alpha value is -2.45. The lowest BCUT2D eigenvalue weighted by molar-refractivity contribution is -0.189. The van der Waals surface area contributed by atoms with Crippen LogP contribution in [0.25, 0.3) is 0 Å². The number of nitrogens with zero attached hydrogens (tertiary/aromatic N) is 1. The van der Waals surface area contributed by atoms with Gasteiger partial charge in [-0.25, -0.2) is 5.06 Å². The van der Waals surface area contributed by atoms with Gasteiger partial charge in [-0.05, 0) is 35.6 Å². The molecule has 0 unspecified atom stereocenters. The number of amides is 1. The predicted molar refractivity (Wildman–Crippen MR) is 117 cm³/mol. The molecule has 0 saturated heterocycles. The zero-order chi connectivity index (χ0) is 22.6. The van der Waals surface area contributed by atoms with E-state index in [1.807, 2.05) is 61.5 Å². The monoisotopic (exact) mass is 431 g/mol. The van der Waals surface area contributed by atoms with E-state index in [4.69, 9.17) is 19.0 Å². The molecule has 1 amide bonds. The number of benzene rings is 2. The molecule has 0 radical (unpaired) electrons. The topological polar surface area (TPSA) is 77.5 Å². The van der Waals surface area contributed by atoms with Crippen molar-refractivity contribution in [2.24, 2.45) is 5.92 Å². The molecule has 0 saturated carbocycles. The molecular formula is C24H33NO6. The molecule has 2 aromatic carbocycles. The Balaban J connectivity index is 1.91. The van der Waals surface area contributed by atoms with E-state index in [0.29, 0.717) is 19.6 Å². The fourth-order valence-corrected chi connectivity index (χ4v) is 3.08. The first-order valence-corrected chi connectivity index (χ1v) is 10.3. The summed E-state index contributed by atoms with van der Waals surface area (Å²) >= 11 is 0. The third-order valence-electron chi connectivity index (χ3n) is 4.92. The first-order valence-electron chi connectivity index (χ1n) is 10.3. The number of carbonyl (C=O) groups is 1. The highest BCUT2D eigenvalue weighted by Gasteiger charge is 2.31. The van der Waals surface area contributed by atoms with Crippen molar-refractivity contribution < 1.29 is 28.9 Å². The van der Waals surface area contributed by atoms with E-state index in [1.165, 1.54) is 14.2 Å². The van der Waals surface area contributed by atoms with Gasteiger partial charge in [0.2, 0.25) is 0 Å². The number of aliphatic hydroxyl groups is 1. The van der Waals surface area contributed by atoms with Gasteiger partial charge in [-0.15, -0.1) is 0 Å². The fraction of sp³-hybridized carbons (Fsp3) is 0.458. The van der Waals surface area contributed by atoms with Crippen LogP contribution in [0.5, 0.6) is 5.75 Å². The van der Waals surface area contributed by atoms with Crippen molar-refractivity contribution in [3.63, 3.8) is 0 Å². The van der Waals surface area contributed by atoms with Crippen molar-refractivity contribution in [3.8, 4) is 5.75 Å². The second-order valence-corrected chi connectivity index (χ2v) is 7.51. The summed E-state index contributed by atoms with van der Waals surface area (Å²) < 4.78 is 16.7. The van der Waals surface area contributed by atoms with Crippen molar-refractivity contribution in [1.82, 2.24) is 5.06 Å². The summed E-state index contributed by atoms with van der Waals surface area (Å²) in [5.74, 6) is 0.326. The second kappa shape index (κ2) is 13.1. The van der Waals surface area contributed by atoms with Gasteiger partial charge in [-0.1, -0.05) is 49.4 Å². The maximum Gasteiger partial charge on any atom is 0.277 e. The first-order chi connectivity index (χ1) is 14.9. The Kier molecular flexibility index (Phi) is 10.5. The Labute approximate surface area is 184 Å². The van der Waals surface area contributed by atoms with Crippen LogP contribution in [0.4, 0.5) is 0 Å². The number of hydrogen-bond donors (Lipinski definition) is 1. The summed E-state index contributed by atoms with van der Waals surface area (Å²) in [5, 5.41) is 11.8.